The van der Waals surface area contributed by atoms with Crippen molar-refractivity contribution in [3.05, 3.63) is 46.8 Å². The molecule has 1 heterocycles. The Hall–Kier alpha value is -2.17. The molecular weight excluding hydrogens is 306 g/mol. The van der Waals surface area contributed by atoms with Crippen LogP contribution in [0.25, 0.3) is 0 Å². The summed E-state index contributed by atoms with van der Waals surface area (Å²) in [5, 5.41) is 10.6. The van der Waals surface area contributed by atoms with Crippen molar-refractivity contribution in [3.63, 3.8) is 0 Å². The molecule has 2 aromatic rings. The van der Waals surface area contributed by atoms with Crippen LogP contribution in [-0.2, 0) is 10.8 Å². The Morgan fingerprint density at radius 1 is 1.38 bits per heavy atom. The third-order valence-electron chi connectivity index (χ3n) is 2.72. The summed E-state index contributed by atoms with van der Waals surface area (Å²) in [6.07, 6.45) is 1.49. The van der Waals surface area contributed by atoms with Crippen molar-refractivity contribution >= 4 is 33.7 Å². The van der Waals surface area contributed by atoms with Crippen LogP contribution in [0.5, 0.6) is 0 Å². The van der Waals surface area contributed by atoms with E-state index in [-0.39, 0.29) is 11.5 Å². The lowest BCUT2D eigenvalue weighted by atomic mass is 10.3. The molecule has 1 atom stereocenters. The topological polar surface area (TPSA) is 73.2 Å². The highest BCUT2D eigenvalue weighted by atomic mass is 32.2. The van der Waals surface area contributed by atoms with E-state index in [0.717, 1.165) is 17.0 Å². The Labute approximate surface area is 129 Å². The molecular formula is C14H13N3O2S2. The number of thiophene rings is 1. The fraction of sp³-hybridized carbons (Fsp3) is 0.143. The quantitative estimate of drug-likeness (QED) is 0.876. The summed E-state index contributed by atoms with van der Waals surface area (Å²) in [7, 11) is 0.445. The standard InChI is InChI=1S/C14H13N3O2S2/c1-17(11-6-4-3-5-7-11)16-13(18)12-8-10(9-15)14(20-12)21(2)19/h3-8H,1-2H3,(H,16,18). The molecule has 0 saturated heterocycles. The summed E-state index contributed by atoms with van der Waals surface area (Å²) in [5.41, 5.74) is 3.83. The molecule has 0 aliphatic carbocycles. The van der Waals surface area contributed by atoms with Crippen molar-refractivity contribution in [2.75, 3.05) is 18.3 Å². The lowest BCUT2D eigenvalue weighted by Gasteiger charge is -2.19. The Kier molecular flexibility index (Phi) is 4.73. The number of para-hydroxylation sites is 1. The minimum atomic E-state index is -1.28. The normalized spacial score (nSPS) is 11.5. The lowest BCUT2D eigenvalue weighted by Crippen LogP contribution is -2.38. The first kappa shape index (κ1) is 15.2. The number of benzene rings is 1. The molecule has 0 radical (unpaired) electrons. The molecule has 108 valence electrons. The second kappa shape index (κ2) is 6.52. The SMILES string of the molecule is CN(NC(=O)c1cc(C#N)c(S(C)=O)s1)c1ccccc1. The monoisotopic (exact) mass is 319 g/mol. The predicted octanol–water partition coefficient (Wildman–Crippen LogP) is 2.14. The van der Waals surface area contributed by atoms with Crippen LogP contribution in [0.2, 0.25) is 0 Å². The third kappa shape index (κ3) is 3.48. The number of nitriles is 1. The van der Waals surface area contributed by atoms with Crippen LogP contribution in [0.4, 0.5) is 5.69 Å². The summed E-state index contributed by atoms with van der Waals surface area (Å²) in [5.74, 6) is -0.334. The van der Waals surface area contributed by atoms with E-state index in [9.17, 15) is 9.00 Å². The molecule has 0 bridgehead atoms. The lowest BCUT2D eigenvalue weighted by molar-refractivity contribution is 0.0955. The van der Waals surface area contributed by atoms with Gasteiger partial charge in [-0.1, -0.05) is 18.2 Å². The van der Waals surface area contributed by atoms with Gasteiger partial charge in [0.2, 0.25) is 0 Å². The van der Waals surface area contributed by atoms with E-state index in [1.54, 1.807) is 12.1 Å². The number of hydrazine groups is 1. The second-order valence-electron chi connectivity index (χ2n) is 4.21. The smallest absolute Gasteiger partial charge is 0.279 e. The maximum absolute atomic E-state index is 12.2. The highest BCUT2D eigenvalue weighted by molar-refractivity contribution is 7.86. The van der Waals surface area contributed by atoms with Crippen LogP contribution < -0.4 is 10.4 Å². The van der Waals surface area contributed by atoms with Crippen molar-refractivity contribution < 1.29 is 9.00 Å². The van der Waals surface area contributed by atoms with Gasteiger partial charge in [-0.25, -0.2) is 0 Å². The predicted molar refractivity (Wildman–Crippen MR) is 83.7 cm³/mol. The Bertz CT molecular complexity index is 720. The van der Waals surface area contributed by atoms with Crippen LogP contribution in [0.1, 0.15) is 15.2 Å². The molecule has 0 fully saturated rings. The summed E-state index contributed by atoms with van der Waals surface area (Å²) in [6.45, 7) is 0. The van der Waals surface area contributed by atoms with E-state index in [4.69, 9.17) is 5.26 Å². The van der Waals surface area contributed by atoms with Crippen LogP contribution in [0.15, 0.2) is 40.6 Å². The molecule has 7 heteroatoms. The van der Waals surface area contributed by atoms with E-state index >= 15 is 0 Å². The van der Waals surface area contributed by atoms with Gasteiger partial charge in [-0.3, -0.25) is 19.4 Å². The van der Waals surface area contributed by atoms with Crippen molar-refractivity contribution in [1.82, 2.24) is 5.43 Å². The van der Waals surface area contributed by atoms with Crippen molar-refractivity contribution in [2.24, 2.45) is 0 Å². The first-order valence-electron chi connectivity index (χ1n) is 6.00. The Morgan fingerprint density at radius 3 is 2.57 bits per heavy atom. The summed E-state index contributed by atoms with van der Waals surface area (Å²) in [4.78, 5) is 12.5. The van der Waals surface area contributed by atoms with Crippen molar-refractivity contribution in [3.8, 4) is 6.07 Å². The van der Waals surface area contributed by atoms with Crippen molar-refractivity contribution in [1.29, 1.82) is 5.26 Å². The van der Waals surface area contributed by atoms with Gasteiger partial charge in [-0.15, -0.1) is 11.3 Å². The zero-order chi connectivity index (χ0) is 15.4. The number of hydrogen-bond donors (Lipinski definition) is 1. The Morgan fingerprint density at radius 2 is 2.05 bits per heavy atom. The first-order chi connectivity index (χ1) is 10.0. The largest absolute Gasteiger partial charge is 0.288 e. The van der Waals surface area contributed by atoms with Gasteiger partial charge in [-0.2, -0.15) is 5.26 Å². The number of rotatable bonds is 4. The van der Waals surface area contributed by atoms with Gasteiger partial charge in [0.05, 0.1) is 26.9 Å². The van der Waals surface area contributed by atoms with Gasteiger partial charge in [-0.05, 0) is 18.2 Å². The first-order valence-corrected chi connectivity index (χ1v) is 8.37. The zero-order valence-electron chi connectivity index (χ0n) is 11.5. The second-order valence-corrected chi connectivity index (χ2v) is 6.84. The number of carbonyl (C=O) groups excluding carboxylic acids is 1. The molecule has 2 rings (SSSR count). The average molecular weight is 319 g/mol. The minimum absolute atomic E-state index is 0.286. The van der Waals surface area contributed by atoms with Gasteiger partial charge in [0.15, 0.2) is 0 Å². The molecule has 0 spiro atoms. The van der Waals surface area contributed by atoms with Gasteiger partial charge in [0, 0.05) is 13.3 Å². The van der Waals surface area contributed by atoms with E-state index in [1.807, 2.05) is 36.4 Å². The average Bonchev–Trinajstić information content (AvgIpc) is 2.92. The van der Waals surface area contributed by atoms with Crippen LogP contribution in [-0.4, -0.2) is 23.4 Å². The summed E-state index contributed by atoms with van der Waals surface area (Å²) in [6, 6.07) is 12.8. The molecule has 21 heavy (non-hydrogen) atoms. The summed E-state index contributed by atoms with van der Waals surface area (Å²) < 4.78 is 12.0. The molecule has 5 nitrogen and oxygen atoms in total. The van der Waals surface area contributed by atoms with Gasteiger partial charge in [0.25, 0.3) is 5.91 Å². The van der Waals surface area contributed by atoms with Gasteiger partial charge >= 0.3 is 0 Å². The molecule has 1 amide bonds. The fourth-order valence-corrected chi connectivity index (χ4v) is 3.58. The van der Waals surface area contributed by atoms with Crippen LogP contribution in [0, 0.1) is 11.3 Å². The molecule has 0 aliphatic heterocycles. The number of anilines is 1. The van der Waals surface area contributed by atoms with Gasteiger partial charge < -0.3 is 0 Å². The van der Waals surface area contributed by atoms with Gasteiger partial charge in [0.1, 0.15) is 10.3 Å². The zero-order valence-corrected chi connectivity index (χ0v) is 13.1. The number of nitrogens with one attached hydrogen (secondary N) is 1. The van der Waals surface area contributed by atoms with Crippen LogP contribution >= 0.6 is 11.3 Å². The number of amides is 1. The third-order valence-corrected chi connectivity index (χ3v) is 5.34. The highest BCUT2D eigenvalue weighted by Gasteiger charge is 2.17. The molecule has 1 aromatic carbocycles. The number of nitrogens with zero attached hydrogens (tertiary/aromatic N) is 2. The van der Waals surface area contributed by atoms with E-state index in [1.165, 1.54) is 12.3 Å². The minimum Gasteiger partial charge on any atom is -0.288 e. The number of carbonyl (C=O) groups is 1. The highest BCUT2D eigenvalue weighted by Crippen LogP contribution is 2.25. The maximum atomic E-state index is 12.2. The molecule has 1 N–H and O–H groups in total. The molecule has 0 saturated carbocycles. The van der Waals surface area contributed by atoms with Crippen molar-refractivity contribution in [2.45, 2.75) is 4.21 Å². The van der Waals surface area contributed by atoms with E-state index in [2.05, 4.69) is 5.43 Å². The Balaban J connectivity index is 2.18. The molecule has 0 aliphatic rings. The number of hydrogen-bond acceptors (Lipinski definition) is 5. The molecule has 1 unspecified atom stereocenters. The summed E-state index contributed by atoms with van der Waals surface area (Å²) >= 11 is 1.08. The van der Waals surface area contributed by atoms with E-state index < -0.39 is 10.8 Å². The maximum Gasteiger partial charge on any atom is 0.279 e. The fourth-order valence-electron chi connectivity index (χ4n) is 1.70. The van der Waals surface area contributed by atoms with E-state index in [0.29, 0.717) is 9.09 Å². The molecule has 1 aromatic heterocycles. The van der Waals surface area contributed by atoms with Crippen LogP contribution in [0.3, 0.4) is 0 Å².